The first-order valence-electron chi connectivity index (χ1n) is 13.3. The lowest BCUT2D eigenvalue weighted by atomic mass is 9.98. The molecule has 37 heavy (non-hydrogen) atoms. The summed E-state index contributed by atoms with van der Waals surface area (Å²) in [6.07, 6.45) is 13.6. The van der Waals surface area contributed by atoms with Crippen molar-refractivity contribution in [1.29, 1.82) is 0 Å². The van der Waals surface area contributed by atoms with Crippen molar-refractivity contribution in [3.05, 3.63) is 70.4 Å². The normalized spacial score (nSPS) is 11.0. The number of unbranched alkanes of at least 4 members (excludes halogenated alkanes) is 8. The largest absolute Gasteiger partial charge is 0.493 e. The van der Waals surface area contributed by atoms with Crippen molar-refractivity contribution in [2.45, 2.75) is 78.6 Å². The van der Waals surface area contributed by atoms with Crippen molar-refractivity contribution < 1.29 is 18.7 Å². The minimum Gasteiger partial charge on any atom is -0.493 e. The third-order valence-electron chi connectivity index (χ3n) is 6.47. The van der Waals surface area contributed by atoms with Crippen LogP contribution in [0.25, 0.3) is 22.1 Å². The Balaban J connectivity index is 1.34. The molecule has 1 aromatic carbocycles. The highest BCUT2D eigenvalue weighted by molar-refractivity contribution is 5.86. The van der Waals surface area contributed by atoms with E-state index in [9.17, 15) is 9.59 Å². The molecule has 0 bridgehead atoms. The van der Waals surface area contributed by atoms with Crippen molar-refractivity contribution in [1.82, 2.24) is 4.98 Å². The first-order chi connectivity index (χ1) is 17.9. The minimum atomic E-state index is -0.348. The zero-order chi connectivity index (χ0) is 26.6. The highest BCUT2D eigenvalue weighted by Gasteiger charge is 2.13. The van der Waals surface area contributed by atoms with Crippen LogP contribution in [0.15, 0.2) is 58.0 Å². The van der Waals surface area contributed by atoms with Crippen LogP contribution in [-0.2, 0) is 9.53 Å². The van der Waals surface area contributed by atoms with Gasteiger partial charge in [-0.15, -0.1) is 0 Å². The van der Waals surface area contributed by atoms with Gasteiger partial charge in [-0.3, -0.25) is 4.98 Å². The highest BCUT2D eigenvalue weighted by atomic mass is 16.5. The summed E-state index contributed by atoms with van der Waals surface area (Å²) in [5.41, 5.74) is 4.02. The first-order valence-corrected chi connectivity index (χ1v) is 13.3. The van der Waals surface area contributed by atoms with E-state index in [-0.39, 0.29) is 11.6 Å². The number of benzene rings is 1. The van der Waals surface area contributed by atoms with Crippen molar-refractivity contribution in [3.8, 4) is 16.9 Å². The molecule has 0 saturated carbocycles. The summed E-state index contributed by atoms with van der Waals surface area (Å²) < 4.78 is 16.7. The number of carbonyl (C=O) groups is 1. The number of hydrogen-bond donors (Lipinski definition) is 0. The Morgan fingerprint density at radius 2 is 1.54 bits per heavy atom. The summed E-state index contributed by atoms with van der Waals surface area (Å²) in [5, 5.41) is 0.802. The average Bonchev–Trinajstić information content (AvgIpc) is 2.88. The van der Waals surface area contributed by atoms with Crippen LogP contribution >= 0.6 is 0 Å². The summed E-state index contributed by atoms with van der Waals surface area (Å²) in [4.78, 5) is 28.0. The van der Waals surface area contributed by atoms with E-state index in [0.29, 0.717) is 29.9 Å². The molecule has 3 aromatic rings. The molecule has 0 amide bonds. The van der Waals surface area contributed by atoms with Gasteiger partial charge >= 0.3 is 11.6 Å². The van der Waals surface area contributed by atoms with E-state index < -0.39 is 0 Å². The monoisotopic (exact) mass is 505 g/mol. The van der Waals surface area contributed by atoms with Gasteiger partial charge in [-0.1, -0.05) is 51.5 Å². The zero-order valence-electron chi connectivity index (χ0n) is 22.4. The van der Waals surface area contributed by atoms with Gasteiger partial charge in [0.1, 0.15) is 11.3 Å². The number of nitrogens with zero attached hydrogens (tertiary/aromatic N) is 1. The van der Waals surface area contributed by atoms with Crippen molar-refractivity contribution in [3.63, 3.8) is 0 Å². The van der Waals surface area contributed by atoms with Gasteiger partial charge in [0.15, 0.2) is 0 Å². The lowest BCUT2D eigenvalue weighted by molar-refractivity contribution is -0.139. The Bertz CT molecular complexity index is 1260. The molecular formula is C31H39NO5. The van der Waals surface area contributed by atoms with E-state index in [4.69, 9.17) is 13.9 Å². The van der Waals surface area contributed by atoms with Gasteiger partial charge in [0, 0.05) is 23.4 Å². The van der Waals surface area contributed by atoms with E-state index in [2.05, 4.69) is 11.6 Å². The second kappa shape index (κ2) is 14.4. The van der Waals surface area contributed by atoms with E-state index in [1.807, 2.05) is 32.0 Å². The molecule has 6 heteroatoms. The van der Waals surface area contributed by atoms with Crippen molar-refractivity contribution in [2.75, 3.05) is 13.2 Å². The van der Waals surface area contributed by atoms with Crippen molar-refractivity contribution in [2.24, 2.45) is 0 Å². The van der Waals surface area contributed by atoms with Gasteiger partial charge < -0.3 is 13.9 Å². The Morgan fingerprint density at radius 1 is 0.892 bits per heavy atom. The number of esters is 1. The summed E-state index contributed by atoms with van der Waals surface area (Å²) in [6, 6.07) is 7.56. The maximum atomic E-state index is 12.6. The van der Waals surface area contributed by atoms with E-state index in [1.165, 1.54) is 32.1 Å². The molecule has 3 rings (SSSR count). The number of rotatable bonds is 15. The molecule has 0 saturated heterocycles. The zero-order valence-corrected chi connectivity index (χ0v) is 22.4. The van der Waals surface area contributed by atoms with Gasteiger partial charge in [-0.2, -0.15) is 0 Å². The predicted octanol–water partition coefficient (Wildman–Crippen LogP) is 7.48. The van der Waals surface area contributed by atoms with Gasteiger partial charge in [-0.25, -0.2) is 9.59 Å². The molecule has 0 aliphatic heterocycles. The van der Waals surface area contributed by atoms with Crippen LogP contribution in [0, 0.1) is 13.8 Å². The van der Waals surface area contributed by atoms with Gasteiger partial charge in [-0.05, 0) is 74.6 Å². The SMILES string of the molecule is C=C(C)C(=O)OCCCCCCCCCCCOc1cc(C)c(-c2cc3cnccc3oc2=O)cc1C. The molecule has 0 fully saturated rings. The molecule has 0 radical (unpaired) electrons. The quantitative estimate of drug-likeness (QED) is 0.121. The number of pyridine rings is 1. The summed E-state index contributed by atoms with van der Waals surface area (Å²) in [6.45, 7) is 10.4. The molecule has 2 aromatic heterocycles. The first kappa shape index (κ1) is 28.2. The standard InChI is InChI=1S/C31H39NO5/c1-22(2)30(33)36-17-13-11-9-7-5-6-8-10-12-16-35-29-19-23(3)26(18-24(29)4)27-20-25-21-32-15-14-28(25)37-31(27)34/h14-15,18-21H,1,5-13,16-17H2,2-4H3. The summed E-state index contributed by atoms with van der Waals surface area (Å²) in [5.74, 6) is 0.571. The van der Waals surface area contributed by atoms with Crippen LogP contribution < -0.4 is 10.4 Å². The Morgan fingerprint density at radius 3 is 2.22 bits per heavy atom. The third-order valence-corrected chi connectivity index (χ3v) is 6.47. The smallest absolute Gasteiger partial charge is 0.344 e. The van der Waals surface area contributed by atoms with E-state index in [0.717, 1.165) is 53.5 Å². The van der Waals surface area contributed by atoms with Gasteiger partial charge in [0.2, 0.25) is 0 Å². The molecule has 0 N–H and O–H groups in total. The average molecular weight is 506 g/mol. The van der Waals surface area contributed by atoms with Crippen LogP contribution in [-0.4, -0.2) is 24.2 Å². The molecular weight excluding hydrogens is 466 g/mol. The lowest BCUT2D eigenvalue weighted by Gasteiger charge is -2.13. The number of ether oxygens (including phenoxy) is 2. The molecule has 0 atom stereocenters. The fraction of sp³-hybridized carbons (Fsp3) is 0.452. The molecule has 0 aliphatic carbocycles. The molecule has 2 heterocycles. The van der Waals surface area contributed by atoms with Gasteiger partial charge in [0.25, 0.3) is 0 Å². The second-order valence-electron chi connectivity index (χ2n) is 9.74. The third kappa shape index (κ3) is 8.59. The van der Waals surface area contributed by atoms with Crippen LogP contribution in [0.3, 0.4) is 0 Å². The van der Waals surface area contributed by atoms with Crippen LogP contribution in [0.4, 0.5) is 0 Å². The number of hydrogen-bond acceptors (Lipinski definition) is 6. The molecule has 0 unspecified atom stereocenters. The maximum Gasteiger partial charge on any atom is 0.344 e. The molecule has 198 valence electrons. The number of aromatic nitrogens is 1. The predicted molar refractivity (Wildman–Crippen MR) is 148 cm³/mol. The lowest BCUT2D eigenvalue weighted by Crippen LogP contribution is -2.05. The van der Waals surface area contributed by atoms with Gasteiger partial charge in [0.05, 0.1) is 18.8 Å². The van der Waals surface area contributed by atoms with E-state index >= 15 is 0 Å². The number of fused-ring (bicyclic) bond motifs is 1. The molecule has 0 spiro atoms. The maximum absolute atomic E-state index is 12.6. The molecule has 6 nitrogen and oxygen atoms in total. The topological polar surface area (TPSA) is 78.6 Å². The summed E-state index contributed by atoms with van der Waals surface area (Å²) in [7, 11) is 0. The van der Waals surface area contributed by atoms with Crippen molar-refractivity contribution >= 4 is 16.9 Å². The van der Waals surface area contributed by atoms with Crippen LogP contribution in [0.1, 0.15) is 75.8 Å². The Hall–Kier alpha value is -3.41. The molecule has 0 aliphatic rings. The van der Waals surface area contributed by atoms with Crippen LogP contribution in [0.2, 0.25) is 0 Å². The second-order valence-corrected chi connectivity index (χ2v) is 9.74. The highest BCUT2D eigenvalue weighted by Crippen LogP contribution is 2.30. The minimum absolute atomic E-state index is 0.292. The Kier molecular flexibility index (Phi) is 10.9. The van der Waals surface area contributed by atoms with Crippen LogP contribution in [0.5, 0.6) is 5.75 Å². The summed E-state index contributed by atoms with van der Waals surface area (Å²) >= 11 is 0. The Labute approximate surface area is 219 Å². The number of carbonyl (C=O) groups excluding carboxylic acids is 1. The van der Waals surface area contributed by atoms with E-state index in [1.54, 1.807) is 25.4 Å². The number of aryl methyl sites for hydroxylation is 2. The fourth-order valence-corrected chi connectivity index (χ4v) is 4.30. The fourth-order valence-electron chi connectivity index (χ4n) is 4.30.